The summed E-state index contributed by atoms with van der Waals surface area (Å²) in [5.74, 6) is -0.663. The normalized spacial score (nSPS) is 16.7. The van der Waals surface area contributed by atoms with E-state index in [2.05, 4.69) is 38.3 Å². The second kappa shape index (κ2) is 7.22. The van der Waals surface area contributed by atoms with Crippen LogP contribution in [0.25, 0.3) is 10.8 Å². The van der Waals surface area contributed by atoms with Crippen molar-refractivity contribution >= 4 is 39.0 Å². The first-order valence-corrected chi connectivity index (χ1v) is 10.8. The van der Waals surface area contributed by atoms with Gasteiger partial charge in [-0.15, -0.1) is 11.3 Å². The van der Waals surface area contributed by atoms with E-state index in [1.807, 2.05) is 36.4 Å². The second-order valence-corrected chi connectivity index (χ2v) is 9.95. The zero-order valence-electron chi connectivity index (χ0n) is 17.9. The maximum absolute atomic E-state index is 13.1. The number of benzene rings is 2. The van der Waals surface area contributed by atoms with Crippen molar-refractivity contribution in [1.29, 1.82) is 0 Å². The Hall–Kier alpha value is -2.70. The first kappa shape index (κ1) is 20.6. The van der Waals surface area contributed by atoms with Crippen molar-refractivity contribution in [2.24, 2.45) is 0 Å². The van der Waals surface area contributed by atoms with E-state index in [0.29, 0.717) is 22.5 Å². The van der Waals surface area contributed by atoms with Crippen molar-refractivity contribution in [1.82, 2.24) is 5.32 Å². The van der Waals surface area contributed by atoms with Crippen LogP contribution >= 0.6 is 11.3 Å². The molecule has 2 heterocycles. The zero-order valence-corrected chi connectivity index (χ0v) is 18.7. The van der Waals surface area contributed by atoms with Crippen LogP contribution in [-0.4, -0.2) is 24.5 Å². The first-order valence-electron chi connectivity index (χ1n) is 9.95. The standard InChI is InChI=1S/C24H26N2O3S/c1-23(2)13-17-18(22(28)29-5)21(30-19(17)24(3,4)26-23)25-20(27)16-11-10-14-8-6-7-9-15(14)12-16/h6-12,26H,13H2,1-5H3,(H,25,27). The number of ether oxygens (including phenoxy) is 1. The number of anilines is 1. The molecule has 1 amide bonds. The lowest BCUT2D eigenvalue weighted by atomic mass is 9.81. The molecule has 30 heavy (non-hydrogen) atoms. The lowest BCUT2D eigenvalue weighted by molar-refractivity contribution is 0.0600. The van der Waals surface area contributed by atoms with Crippen LogP contribution in [0.4, 0.5) is 5.00 Å². The van der Waals surface area contributed by atoms with E-state index in [9.17, 15) is 9.59 Å². The number of nitrogens with one attached hydrogen (secondary N) is 2. The van der Waals surface area contributed by atoms with Gasteiger partial charge in [-0.25, -0.2) is 4.79 Å². The van der Waals surface area contributed by atoms with E-state index >= 15 is 0 Å². The molecule has 1 aromatic heterocycles. The van der Waals surface area contributed by atoms with Crippen LogP contribution in [0.15, 0.2) is 42.5 Å². The number of carbonyl (C=O) groups is 2. The van der Waals surface area contributed by atoms with E-state index in [1.165, 1.54) is 18.4 Å². The number of esters is 1. The van der Waals surface area contributed by atoms with E-state index < -0.39 is 5.97 Å². The fourth-order valence-electron chi connectivity index (χ4n) is 4.44. The molecule has 0 saturated carbocycles. The van der Waals surface area contributed by atoms with Gasteiger partial charge in [0.05, 0.1) is 12.7 Å². The third kappa shape index (κ3) is 3.61. The molecule has 0 radical (unpaired) electrons. The third-order valence-corrected chi connectivity index (χ3v) is 6.94. The topological polar surface area (TPSA) is 67.4 Å². The highest BCUT2D eigenvalue weighted by Gasteiger charge is 2.42. The summed E-state index contributed by atoms with van der Waals surface area (Å²) in [7, 11) is 1.37. The lowest BCUT2D eigenvalue weighted by Crippen LogP contribution is -2.55. The molecule has 0 atom stereocenters. The SMILES string of the molecule is COC(=O)c1c(NC(=O)c2ccc3ccccc3c2)sc2c1CC(C)(C)NC2(C)C. The Morgan fingerprint density at radius 2 is 1.77 bits per heavy atom. The number of carbonyl (C=O) groups excluding carboxylic acids is 2. The maximum atomic E-state index is 13.1. The molecule has 4 rings (SSSR count). The fourth-order valence-corrected chi connectivity index (χ4v) is 5.70. The van der Waals surface area contributed by atoms with Crippen LogP contribution in [0.2, 0.25) is 0 Å². The van der Waals surface area contributed by atoms with Gasteiger partial charge in [0.2, 0.25) is 0 Å². The van der Waals surface area contributed by atoms with E-state index in [-0.39, 0.29) is 17.0 Å². The van der Waals surface area contributed by atoms with Crippen molar-refractivity contribution in [3.8, 4) is 0 Å². The van der Waals surface area contributed by atoms with Crippen LogP contribution in [0.3, 0.4) is 0 Å². The van der Waals surface area contributed by atoms with Crippen LogP contribution in [0.5, 0.6) is 0 Å². The van der Waals surface area contributed by atoms with Crippen molar-refractivity contribution in [2.75, 3.05) is 12.4 Å². The quantitative estimate of drug-likeness (QED) is 0.576. The summed E-state index contributed by atoms with van der Waals surface area (Å²) in [5.41, 5.74) is 1.47. The minimum atomic E-state index is -0.421. The van der Waals surface area contributed by atoms with Crippen molar-refractivity contribution < 1.29 is 14.3 Å². The van der Waals surface area contributed by atoms with Crippen molar-refractivity contribution in [2.45, 2.75) is 45.2 Å². The molecule has 1 aliphatic heterocycles. The van der Waals surface area contributed by atoms with Gasteiger partial charge in [0.15, 0.2) is 0 Å². The number of hydrogen-bond acceptors (Lipinski definition) is 5. The fraction of sp³-hybridized carbons (Fsp3) is 0.333. The molecule has 0 unspecified atom stereocenters. The van der Waals surface area contributed by atoms with Gasteiger partial charge in [-0.05, 0) is 62.6 Å². The van der Waals surface area contributed by atoms with Crippen LogP contribution < -0.4 is 10.6 Å². The molecule has 0 saturated heterocycles. The van der Waals surface area contributed by atoms with Crippen molar-refractivity contribution in [3.63, 3.8) is 0 Å². The minimum absolute atomic E-state index is 0.181. The Labute approximate surface area is 180 Å². The van der Waals surface area contributed by atoms with Gasteiger partial charge in [-0.3, -0.25) is 4.79 Å². The Kier molecular flexibility index (Phi) is 4.95. The molecule has 6 heteroatoms. The van der Waals surface area contributed by atoms with Crippen molar-refractivity contribution in [3.05, 3.63) is 64.0 Å². The number of thiophene rings is 1. The van der Waals surface area contributed by atoms with Gasteiger partial charge >= 0.3 is 5.97 Å². The molecular formula is C24H26N2O3S. The molecule has 0 fully saturated rings. The average Bonchev–Trinajstić information content (AvgIpc) is 3.04. The van der Waals surface area contributed by atoms with Crippen LogP contribution in [-0.2, 0) is 16.7 Å². The smallest absolute Gasteiger partial charge is 0.341 e. The zero-order chi connectivity index (χ0) is 21.7. The van der Waals surface area contributed by atoms with E-state index in [0.717, 1.165) is 21.2 Å². The molecule has 2 N–H and O–H groups in total. The molecule has 3 aromatic rings. The van der Waals surface area contributed by atoms with E-state index in [4.69, 9.17) is 4.74 Å². The summed E-state index contributed by atoms with van der Waals surface area (Å²) in [6.45, 7) is 8.42. The first-order chi connectivity index (χ1) is 14.1. The number of methoxy groups -OCH3 is 1. The molecule has 5 nitrogen and oxygen atoms in total. The Morgan fingerprint density at radius 1 is 1.07 bits per heavy atom. The van der Waals surface area contributed by atoms with Crippen LogP contribution in [0, 0.1) is 0 Å². The highest BCUT2D eigenvalue weighted by atomic mass is 32.1. The van der Waals surface area contributed by atoms with Gasteiger partial charge in [-0.1, -0.05) is 30.3 Å². The number of fused-ring (bicyclic) bond motifs is 2. The van der Waals surface area contributed by atoms with Crippen LogP contribution in [0.1, 0.15) is 58.9 Å². The summed E-state index contributed by atoms with van der Waals surface area (Å²) < 4.78 is 5.08. The third-order valence-electron chi connectivity index (χ3n) is 5.47. The molecule has 1 aliphatic rings. The summed E-state index contributed by atoms with van der Waals surface area (Å²) in [6.07, 6.45) is 0.679. The van der Waals surface area contributed by atoms with Gasteiger partial charge in [0.25, 0.3) is 5.91 Å². The highest BCUT2D eigenvalue weighted by Crippen LogP contribution is 2.45. The predicted molar refractivity (Wildman–Crippen MR) is 122 cm³/mol. The minimum Gasteiger partial charge on any atom is -0.465 e. The average molecular weight is 423 g/mol. The predicted octanol–water partition coefficient (Wildman–Crippen LogP) is 5.10. The number of hydrogen-bond donors (Lipinski definition) is 2. The summed E-state index contributed by atoms with van der Waals surface area (Å²) in [6, 6.07) is 13.5. The van der Waals surface area contributed by atoms with Gasteiger partial charge in [0, 0.05) is 21.5 Å². The van der Waals surface area contributed by atoms with Gasteiger partial charge in [0.1, 0.15) is 5.00 Å². The lowest BCUT2D eigenvalue weighted by Gasteiger charge is -2.42. The Bertz CT molecular complexity index is 1160. The Balaban J connectivity index is 1.76. The van der Waals surface area contributed by atoms with Gasteiger partial charge < -0.3 is 15.4 Å². The molecular weight excluding hydrogens is 396 g/mol. The largest absolute Gasteiger partial charge is 0.465 e. The maximum Gasteiger partial charge on any atom is 0.341 e. The number of rotatable bonds is 3. The second-order valence-electron chi connectivity index (χ2n) is 8.93. The molecule has 2 aromatic carbocycles. The summed E-state index contributed by atoms with van der Waals surface area (Å²) >= 11 is 1.44. The monoisotopic (exact) mass is 422 g/mol. The van der Waals surface area contributed by atoms with E-state index in [1.54, 1.807) is 6.07 Å². The molecule has 0 bridgehead atoms. The number of amides is 1. The van der Waals surface area contributed by atoms with Gasteiger partial charge in [-0.2, -0.15) is 0 Å². The summed E-state index contributed by atoms with van der Waals surface area (Å²) in [4.78, 5) is 26.8. The highest BCUT2D eigenvalue weighted by molar-refractivity contribution is 7.17. The Morgan fingerprint density at radius 3 is 2.47 bits per heavy atom. The summed E-state index contributed by atoms with van der Waals surface area (Å²) in [5, 5.41) is 9.23. The molecule has 0 spiro atoms. The molecule has 156 valence electrons. The molecule has 0 aliphatic carbocycles.